The summed E-state index contributed by atoms with van der Waals surface area (Å²) in [6, 6.07) is 14.6. The summed E-state index contributed by atoms with van der Waals surface area (Å²) in [5.74, 6) is 0.888. The molecule has 22 heavy (non-hydrogen) atoms. The molecule has 0 atom stereocenters. The Morgan fingerprint density at radius 1 is 1.00 bits per heavy atom. The minimum absolute atomic E-state index is 0.414. The molecule has 0 bridgehead atoms. The van der Waals surface area contributed by atoms with Gasteiger partial charge >= 0.3 is 0 Å². The highest BCUT2D eigenvalue weighted by atomic mass is 16.3. The molecule has 1 aliphatic carbocycles. The van der Waals surface area contributed by atoms with E-state index in [-0.39, 0.29) is 0 Å². The predicted molar refractivity (Wildman–Crippen MR) is 92.9 cm³/mol. The lowest BCUT2D eigenvalue weighted by Crippen LogP contribution is -2.06. The number of nitrogens with zero attached hydrogens (tertiary/aromatic N) is 1. The van der Waals surface area contributed by atoms with Crippen molar-refractivity contribution in [1.29, 1.82) is 0 Å². The van der Waals surface area contributed by atoms with Crippen molar-refractivity contribution in [2.24, 2.45) is 4.99 Å². The van der Waals surface area contributed by atoms with Crippen LogP contribution in [0.2, 0.25) is 0 Å². The lowest BCUT2D eigenvalue weighted by molar-refractivity contribution is 0.414. The Hall–Kier alpha value is -2.09. The lowest BCUT2D eigenvalue weighted by atomic mass is 9.82. The number of rotatable bonds is 3. The van der Waals surface area contributed by atoms with E-state index >= 15 is 0 Å². The summed E-state index contributed by atoms with van der Waals surface area (Å²) in [4.78, 5) is 4.10. The van der Waals surface area contributed by atoms with Gasteiger partial charge < -0.3 is 5.11 Å². The van der Waals surface area contributed by atoms with Crippen LogP contribution in [0.3, 0.4) is 0 Å². The van der Waals surface area contributed by atoms with Crippen molar-refractivity contribution in [3.8, 4) is 16.9 Å². The normalized spacial score (nSPS) is 16.2. The predicted octanol–water partition coefficient (Wildman–Crippen LogP) is 5.16. The van der Waals surface area contributed by atoms with Gasteiger partial charge in [-0.05, 0) is 47.6 Å². The van der Waals surface area contributed by atoms with Crippen molar-refractivity contribution < 1.29 is 5.11 Å². The van der Waals surface area contributed by atoms with Crippen LogP contribution in [-0.2, 0) is 0 Å². The summed E-state index contributed by atoms with van der Waals surface area (Å²) >= 11 is 0. The smallest absolute Gasteiger partial charge is 0.127 e. The van der Waals surface area contributed by atoms with Crippen LogP contribution in [0, 0.1) is 0 Å². The number of aliphatic imine (C=N–C) groups is 1. The largest absolute Gasteiger partial charge is 0.507 e. The minimum atomic E-state index is 0.414. The van der Waals surface area contributed by atoms with E-state index in [9.17, 15) is 5.11 Å². The van der Waals surface area contributed by atoms with E-state index in [1.807, 2.05) is 12.1 Å². The van der Waals surface area contributed by atoms with Gasteiger partial charge in [0.15, 0.2) is 0 Å². The zero-order valence-electron chi connectivity index (χ0n) is 13.1. The molecule has 1 N–H and O–H groups in total. The van der Waals surface area contributed by atoms with Crippen LogP contribution in [0.4, 0.5) is 0 Å². The molecule has 0 spiro atoms. The van der Waals surface area contributed by atoms with Crippen molar-refractivity contribution in [1.82, 2.24) is 0 Å². The van der Waals surface area contributed by atoms with Crippen molar-refractivity contribution in [2.75, 3.05) is 7.05 Å². The second-order valence-corrected chi connectivity index (χ2v) is 6.09. The highest BCUT2D eigenvalue weighted by Gasteiger charge is 2.21. The highest BCUT2D eigenvalue weighted by Crippen LogP contribution is 2.40. The van der Waals surface area contributed by atoms with Crippen LogP contribution in [0.25, 0.3) is 11.1 Å². The molecule has 0 heterocycles. The molecule has 2 aromatic rings. The Labute approximate surface area is 132 Å². The molecule has 0 radical (unpaired) electrons. The fourth-order valence-electron chi connectivity index (χ4n) is 3.44. The summed E-state index contributed by atoms with van der Waals surface area (Å²) in [6.07, 6.45) is 7.95. The molecule has 2 aromatic carbocycles. The average molecular weight is 293 g/mol. The van der Waals surface area contributed by atoms with Crippen LogP contribution >= 0.6 is 0 Å². The van der Waals surface area contributed by atoms with E-state index in [2.05, 4.69) is 35.3 Å². The number of phenolic OH excluding ortho intramolecular Hbond substituents is 1. The Morgan fingerprint density at radius 3 is 2.41 bits per heavy atom. The third kappa shape index (κ3) is 3.06. The molecule has 3 rings (SSSR count). The maximum Gasteiger partial charge on any atom is 0.127 e. The van der Waals surface area contributed by atoms with Gasteiger partial charge in [0.05, 0.1) is 0 Å². The van der Waals surface area contributed by atoms with Crippen molar-refractivity contribution >= 4 is 6.21 Å². The molecule has 0 aliphatic heterocycles. The van der Waals surface area contributed by atoms with E-state index in [4.69, 9.17) is 0 Å². The monoisotopic (exact) mass is 293 g/mol. The standard InChI is InChI=1S/C20H23NO/c1-21-14-18-12-17(15-8-4-2-5-9-15)13-19(20(18)22)16-10-6-3-7-11-16/h2,4-5,8-9,12-14,16,22H,3,6-7,10-11H2,1H3. The Morgan fingerprint density at radius 2 is 1.73 bits per heavy atom. The number of phenols is 1. The Kier molecular flexibility index (Phi) is 4.57. The zero-order valence-corrected chi connectivity index (χ0v) is 13.1. The minimum Gasteiger partial charge on any atom is -0.507 e. The first kappa shape index (κ1) is 14.8. The lowest BCUT2D eigenvalue weighted by Gasteiger charge is -2.24. The topological polar surface area (TPSA) is 32.6 Å². The van der Waals surface area contributed by atoms with Crippen LogP contribution in [-0.4, -0.2) is 18.4 Å². The summed E-state index contributed by atoms with van der Waals surface area (Å²) in [6.45, 7) is 0. The van der Waals surface area contributed by atoms with Gasteiger partial charge in [-0.2, -0.15) is 0 Å². The van der Waals surface area contributed by atoms with E-state index < -0.39 is 0 Å². The molecular weight excluding hydrogens is 270 g/mol. The fourth-order valence-corrected chi connectivity index (χ4v) is 3.44. The second-order valence-electron chi connectivity index (χ2n) is 6.09. The summed E-state index contributed by atoms with van der Waals surface area (Å²) in [5.41, 5.74) is 4.26. The number of hydrogen-bond acceptors (Lipinski definition) is 2. The third-order valence-corrected chi connectivity index (χ3v) is 4.59. The molecule has 1 fully saturated rings. The molecule has 0 unspecified atom stereocenters. The van der Waals surface area contributed by atoms with Crippen molar-refractivity contribution in [3.63, 3.8) is 0 Å². The third-order valence-electron chi connectivity index (χ3n) is 4.59. The average Bonchev–Trinajstić information content (AvgIpc) is 2.58. The highest BCUT2D eigenvalue weighted by molar-refractivity contribution is 5.87. The number of benzene rings is 2. The number of hydrogen-bond donors (Lipinski definition) is 1. The molecular formula is C20H23NO. The second kappa shape index (κ2) is 6.78. The van der Waals surface area contributed by atoms with Gasteiger partial charge in [-0.15, -0.1) is 0 Å². The summed E-state index contributed by atoms with van der Waals surface area (Å²) < 4.78 is 0. The van der Waals surface area contributed by atoms with Gasteiger partial charge in [0, 0.05) is 18.8 Å². The van der Waals surface area contributed by atoms with E-state index in [0.29, 0.717) is 11.7 Å². The Balaban J connectivity index is 2.09. The molecule has 1 aliphatic rings. The van der Waals surface area contributed by atoms with Crippen LogP contribution in [0.5, 0.6) is 5.75 Å². The molecule has 0 amide bonds. The first-order valence-electron chi connectivity index (χ1n) is 8.14. The van der Waals surface area contributed by atoms with E-state index in [1.165, 1.54) is 37.7 Å². The van der Waals surface area contributed by atoms with E-state index in [1.54, 1.807) is 13.3 Å². The molecule has 1 saturated carbocycles. The molecule has 0 aromatic heterocycles. The van der Waals surface area contributed by atoms with Crippen LogP contribution in [0.1, 0.15) is 49.1 Å². The van der Waals surface area contributed by atoms with Crippen LogP contribution < -0.4 is 0 Å². The SMILES string of the molecule is CN=Cc1cc(-c2ccccc2)cc(C2CCCCC2)c1O. The molecule has 2 heteroatoms. The quantitative estimate of drug-likeness (QED) is 0.779. The summed E-state index contributed by atoms with van der Waals surface area (Å²) in [5, 5.41) is 10.7. The van der Waals surface area contributed by atoms with Crippen molar-refractivity contribution in [3.05, 3.63) is 53.6 Å². The zero-order chi connectivity index (χ0) is 15.4. The first-order valence-corrected chi connectivity index (χ1v) is 8.14. The maximum atomic E-state index is 10.7. The molecule has 2 nitrogen and oxygen atoms in total. The van der Waals surface area contributed by atoms with E-state index in [0.717, 1.165) is 16.7 Å². The Bertz CT molecular complexity index is 655. The van der Waals surface area contributed by atoms with Crippen LogP contribution in [0.15, 0.2) is 47.5 Å². The van der Waals surface area contributed by atoms with Crippen molar-refractivity contribution in [2.45, 2.75) is 38.0 Å². The molecule has 0 saturated heterocycles. The van der Waals surface area contributed by atoms with Gasteiger partial charge in [0.25, 0.3) is 0 Å². The van der Waals surface area contributed by atoms with Gasteiger partial charge in [0.1, 0.15) is 5.75 Å². The van der Waals surface area contributed by atoms with Gasteiger partial charge in [-0.25, -0.2) is 0 Å². The first-order chi connectivity index (χ1) is 10.8. The number of aromatic hydroxyl groups is 1. The summed E-state index contributed by atoms with van der Waals surface area (Å²) in [7, 11) is 1.74. The fraction of sp³-hybridized carbons (Fsp3) is 0.350. The van der Waals surface area contributed by atoms with Gasteiger partial charge in [-0.3, -0.25) is 4.99 Å². The molecule has 114 valence electrons. The maximum absolute atomic E-state index is 10.7. The van der Waals surface area contributed by atoms with Gasteiger partial charge in [-0.1, -0.05) is 49.6 Å². The van der Waals surface area contributed by atoms with Gasteiger partial charge in [0.2, 0.25) is 0 Å².